The van der Waals surface area contributed by atoms with Gasteiger partial charge < -0.3 is 9.69 Å². The maximum atomic E-state index is 8.00. The molecular formula is C15H25NO. The Balaban J connectivity index is 0. The molecule has 1 rings (SSSR count). The molecule has 2 heteroatoms. The molecule has 0 N–H and O–H groups in total. The van der Waals surface area contributed by atoms with Crippen molar-refractivity contribution in [1.29, 1.82) is 0 Å². The number of anilines is 1. The summed E-state index contributed by atoms with van der Waals surface area (Å²) in [6.45, 7) is 9.79. The second-order valence-electron chi connectivity index (χ2n) is 3.81. The van der Waals surface area contributed by atoms with Gasteiger partial charge in [-0.3, -0.25) is 0 Å². The lowest BCUT2D eigenvalue weighted by molar-refractivity contribution is -0.0979. The highest BCUT2D eigenvalue weighted by atomic mass is 16.1. The van der Waals surface area contributed by atoms with Crippen molar-refractivity contribution in [3.63, 3.8) is 0 Å². The normalized spacial score (nSPS) is 8.00. The molecule has 0 aliphatic heterocycles. The molecule has 1 aromatic rings. The topological polar surface area (TPSA) is 20.3 Å². The fourth-order valence-electron chi connectivity index (χ4n) is 1.05. The van der Waals surface area contributed by atoms with Crippen LogP contribution in [0.3, 0.4) is 0 Å². The van der Waals surface area contributed by atoms with Crippen LogP contribution in [-0.2, 0) is 4.79 Å². The molecule has 0 spiro atoms. The van der Waals surface area contributed by atoms with Gasteiger partial charge in [0.15, 0.2) is 0 Å². The maximum absolute atomic E-state index is 8.00. The van der Waals surface area contributed by atoms with Crippen LogP contribution in [0.2, 0.25) is 0 Å². The number of hydrogen-bond donors (Lipinski definition) is 0. The van der Waals surface area contributed by atoms with E-state index in [1.54, 1.807) is 0 Å². The SMILES string of the molecule is C=CCCC.C=O.Cc1ccc(N(C)C)cc1. The monoisotopic (exact) mass is 235 g/mol. The zero-order valence-corrected chi connectivity index (χ0v) is 11.6. The summed E-state index contributed by atoms with van der Waals surface area (Å²) in [4.78, 5) is 10.1. The van der Waals surface area contributed by atoms with E-state index in [0.29, 0.717) is 0 Å². The van der Waals surface area contributed by atoms with Crippen molar-refractivity contribution in [2.75, 3.05) is 19.0 Å². The molecule has 0 bridgehead atoms. The summed E-state index contributed by atoms with van der Waals surface area (Å²) in [7, 11) is 4.09. The van der Waals surface area contributed by atoms with Crippen molar-refractivity contribution in [3.05, 3.63) is 42.5 Å². The Hall–Kier alpha value is -1.57. The van der Waals surface area contributed by atoms with Gasteiger partial charge in [0.25, 0.3) is 0 Å². The molecule has 0 heterocycles. The van der Waals surface area contributed by atoms with E-state index in [-0.39, 0.29) is 0 Å². The highest BCUT2D eigenvalue weighted by Crippen LogP contribution is 2.10. The van der Waals surface area contributed by atoms with Gasteiger partial charge in [-0.05, 0) is 25.5 Å². The Bertz CT molecular complexity index is 277. The zero-order chi connectivity index (χ0) is 13.7. The maximum Gasteiger partial charge on any atom is 0.106 e. The van der Waals surface area contributed by atoms with Gasteiger partial charge in [-0.2, -0.15) is 0 Å². The standard InChI is InChI=1S/C9H13N.C5H10.CH2O/c1-8-4-6-9(7-5-8)10(2)3;1-3-5-4-2;1-2/h4-7H,1-3H3;3H,1,4-5H2,2H3;1H2. The van der Waals surface area contributed by atoms with Gasteiger partial charge in [0.05, 0.1) is 0 Å². The number of hydrogen-bond acceptors (Lipinski definition) is 2. The summed E-state index contributed by atoms with van der Waals surface area (Å²) in [5.41, 5.74) is 2.57. The van der Waals surface area contributed by atoms with E-state index in [9.17, 15) is 0 Å². The van der Waals surface area contributed by atoms with E-state index in [0.717, 1.165) is 6.42 Å². The molecule has 0 aliphatic rings. The van der Waals surface area contributed by atoms with Crippen LogP contribution in [0.25, 0.3) is 0 Å². The second kappa shape index (κ2) is 12.5. The smallest absolute Gasteiger partial charge is 0.106 e. The Morgan fingerprint density at radius 2 is 1.65 bits per heavy atom. The minimum atomic E-state index is 1.15. The lowest BCUT2D eigenvalue weighted by atomic mass is 10.2. The first-order valence-corrected chi connectivity index (χ1v) is 5.75. The first-order chi connectivity index (χ1) is 8.11. The van der Waals surface area contributed by atoms with Gasteiger partial charge in [0, 0.05) is 19.8 Å². The Morgan fingerprint density at radius 3 is 1.88 bits per heavy atom. The Morgan fingerprint density at radius 1 is 1.18 bits per heavy atom. The van der Waals surface area contributed by atoms with Crippen molar-refractivity contribution in [2.24, 2.45) is 0 Å². The van der Waals surface area contributed by atoms with Crippen LogP contribution in [0, 0.1) is 6.92 Å². The molecule has 96 valence electrons. The van der Waals surface area contributed by atoms with E-state index >= 15 is 0 Å². The largest absolute Gasteiger partial charge is 0.378 e. The molecule has 0 atom stereocenters. The van der Waals surface area contributed by atoms with Crippen molar-refractivity contribution in [2.45, 2.75) is 26.7 Å². The predicted octanol–water partition coefficient (Wildman–Crippen LogP) is 3.85. The van der Waals surface area contributed by atoms with Crippen LogP contribution in [-0.4, -0.2) is 20.9 Å². The summed E-state index contributed by atoms with van der Waals surface area (Å²) in [6, 6.07) is 8.48. The molecule has 0 amide bonds. The van der Waals surface area contributed by atoms with E-state index < -0.39 is 0 Å². The first-order valence-electron chi connectivity index (χ1n) is 5.75. The van der Waals surface area contributed by atoms with Crippen molar-refractivity contribution >= 4 is 12.5 Å². The fourth-order valence-corrected chi connectivity index (χ4v) is 1.05. The Labute approximate surface area is 106 Å². The summed E-state index contributed by atoms with van der Waals surface area (Å²) in [6.07, 6.45) is 4.31. The predicted molar refractivity (Wildman–Crippen MR) is 77.7 cm³/mol. The van der Waals surface area contributed by atoms with Crippen molar-refractivity contribution < 1.29 is 4.79 Å². The number of rotatable bonds is 3. The Kier molecular flexibility index (Phi) is 13.1. The molecule has 0 radical (unpaired) electrons. The van der Waals surface area contributed by atoms with Crippen LogP contribution in [0.1, 0.15) is 25.3 Å². The lowest BCUT2D eigenvalue weighted by Gasteiger charge is -2.11. The molecule has 0 saturated carbocycles. The van der Waals surface area contributed by atoms with Gasteiger partial charge in [-0.1, -0.05) is 37.1 Å². The van der Waals surface area contributed by atoms with Gasteiger partial charge >= 0.3 is 0 Å². The zero-order valence-electron chi connectivity index (χ0n) is 11.6. The number of carbonyl (C=O) groups excluding carboxylic acids is 1. The van der Waals surface area contributed by atoms with Gasteiger partial charge in [-0.15, -0.1) is 6.58 Å². The van der Waals surface area contributed by atoms with E-state index in [4.69, 9.17) is 4.79 Å². The molecule has 1 aromatic carbocycles. The van der Waals surface area contributed by atoms with Crippen LogP contribution in [0.5, 0.6) is 0 Å². The highest BCUT2D eigenvalue weighted by Gasteiger charge is 1.90. The van der Waals surface area contributed by atoms with Gasteiger partial charge in [-0.25, -0.2) is 0 Å². The van der Waals surface area contributed by atoms with Crippen LogP contribution in [0.4, 0.5) is 5.69 Å². The number of benzene rings is 1. The average Bonchev–Trinajstić information content (AvgIpc) is 2.34. The summed E-state index contributed by atoms with van der Waals surface area (Å²) < 4.78 is 0. The minimum absolute atomic E-state index is 1.15. The van der Waals surface area contributed by atoms with Crippen LogP contribution in [0.15, 0.2) is 36.9 Å². The summed E-state index contributed by atoms with van der Waals surface area (Å²) >= 11 is 0. The van der Waals surface area contributed by atoms with E-state index in [1.165, 1.54) is 17.7 Å². The van der Waals surface area contributed by atoms with Gasteiger partial charge in [0.1, 0.15) is 6.79 Å². The molecule has 2 nitrogen and oxygen atoms in total. The average molecular weight is 235 g/mol. The number of aryl methyl sites for hydroxylation is 1. The molecular weight excluding hydrogens is 210 g/mol. The van der Waals surface area contributed by atoms with E-state index in [2.05, 4.69) is 49.6 Å². The van der Waals surface area contributed by atoms with E-state index in [1.807, 2.05) is 27.0 Å². The van der Waals surface area contributed by atoms with Gasteiger partial charge in [0.2, 0.25) is 0 Å². The minimum Gasteiger partial charge on any atom is -0.378 e. The third kappa shape index (κ3) is 10.7. The molecule has 0 aliphatic carbocycles. The number of nitrogens with zero attached hydrogens (tertiary/aromatic N) is 1. The quantitative estimate of drug-likeness (QED) is 0.742. The summed E-state index contributed by atoms with van der Waals surface area (Å²) in [5.74, 6) is 0. The number of carbonyl (C=O) groups is 1. The summed E-state index contributed by atoms with van der Waals surface area (Å²) in [5, 5.41) is 0. The molecule has 0 unspecified atom stereocenters. The molecule has 0 saturated heterocycles. The fraction of sp³-hybridized carbons (Fsp3) is 0.400. The third-order valence-corrected chi connectivity index (χ3v) is 2.04. The molecule has 0 fully saturated rings. The lowest BCUT2D eigenvalue weighted by Crippen LogP contribution is -2.07. The highest BCUT2D eigenvalue weighted by molar-refractivity contribution is 5.45. The third-order valence-electron chi connectivity index (χ3n) is 2.04. The molecule has 0 aromatic heterocycles. The number of allylic oxidation sites excluding steroid dienone is 1. The van der Waals surface area contributed by atoms with Crippen molar-refractivity contribution in [1.82, 2.24) is 0 Å². The second-order valence-corrected chi connectivity index (χ2v) is 3.81. The first kappa shape index (κ1) is 17.8. The van der Waals surface area contributed by atoms with Crippen molar-refractivity contribution in [3.8, 4) is 0 Å². The number of unbranched alkanes of at least 4 members (excludes halogenated alkanes) is 1. The molecule has 17 heavy (non-hydrogen) atoms. The van der Waals surface area contributed by atoms with Crippen LogP contribution < -0.4 is 4.90 Å². The van der Waals surface area contributed by atoms with Crippen LogP contribution >= 0.6 is 0 Å².